The second-order valence-corrected chi connectivity index (χ2v) is 3.79. The minimum absolute atomic E-state index is 0.0378. The summed E-state index contributed by atoms with van der Waals surface area (Å²) in [6.07, 6.45) is 1.67. The number of aryl methyl sites for hydroxylation is 1. The Morgan fingerprint density at radius 3 is 2.12 bits per heavy atom. The van der Waals surface area contributed by atoms with Crippen LogP contribution in [-0.4, -0.2) is 4.98 Å². The molecule has 0 aliphatic heterocycles. The van der Waals surface area contributed by atoms with E-state index in [0.29, 0.717) is 11.3 Å². The van der Waals surface area contributed by atoms with E-state index in [1.54, 1.807) is 12.3 Å². The largest absolute Gasteiger partial charge is 0.256 e. The lowest BCUT2D eigenvalue weighted by Gasteiger charge is -2.04. The van der Waals surface area contributed by atoms with Crippen molar-refractivity contribution in [2.75, 3.05) is 0 Å². The molecule has 2 aromatic rings. The number of aromatic nitrogens is 1. The van der Waals surface area contributed by atoms with Crippen LogP contribution < -0.4 is 0 Å². The molecule has 2 rings (SSSR count). The lowest BCUT2D eigenvalue weighted by molar-refractivity contribution is 0.569. The van der Waals surface area contributed by atoms with Crippen molar-refractivity contribution in [2.45, 2.75) is 13.8 Å². The highest BCUT2D eigenvalue weighted by Gasteiger charge is 2.08. The van der Waals surface area contributed by atoms with Gasteiger partial charge in [-0.3, -0.25) is 4.98 Å². The average Bonchev–Trinajstić information content (AvgIpc) is 2.26. The van der Waals surface area contributed by atoms with Crippen molar-refractivity contribution in [3.05, 3.63) is 53.2 Å². The molecule has 16 heavy (non-hydrogen) atoms. The third kappa shape index (κ3) is 1.94. The summed E-state index contributed by atoms with van der Waals surface area (Å²) in [7, 11) is 0. The maximum Gasteiger partial charge on any atom is 0.129 e. The predicted octanol–water partition coefficient (Wildman–Crippen LogP) is 3.64. The number of hydrogen-bond donors (Lipinski definition) is 0. The van der Waals surface area contributed by atoms with Crippen LogP contribution in [0.4, 0.5) is 8.78 Å². The molecule has 0 saturated heterocycles. The Bertz CT molecular complexity index is 495. The van der Waals surface area contributed by atoms with Crippen molar-refractivity contribution in [1.29, 1.82) is 0 Å². The highest BCUT2D eigenvalue weighted by Crippen LogP contribution is 2.22. The van der Waals surface area contributed by atoms with Crippen molar-refractivity contribution >= 4 is 0 Å². The van der Waals surface area contributed by atoms with Crippen molar-refractivity contribution in [2.24, 2.45) is 0 Å². The van der Waals surface area contributed by atoms with Crippen LogP contribution in [0, 0.1) is 25.5 Å². The van der Waals surface area contributed by atoms with E-state index in [-0.39, 0.29) is 5.56 Å². The molecule has 0 N–H and O–H groups in total. The molecule has 0 amide bonds. The Kier molecular flexibility index (Phi) is 2.69. The summed E-state index contributed by atoms with van der Waals surface area (Å²) in [6.45, 7) is 3.32. The van der Waals surface area contributed by atoms with Crippen molar-refractivity contribution < 1.29 is 8.78 Å². The fourth-order valence-electron chi connectivity index (χ4n) is 1.43. The summed E-state index contributed by atoms with van der Waals surface area (Å²) in [4.78, 5) is 4.13. The fourth-order valence-corrected chi connectivity index (χ4v) is 1.43. The molecule has 0 aliphatic carbocycles. The molecule has 1 aromatic heterocycles. The van der Waals surface area contributed by atoms with E-state index < -0.39 is 11.6 Å². The van der Waals surface area contributed by atoms with Crippen molar-refractivity contribution in [3.8, 4) is 11.3 Å². The first-order chi connectivity index (χ1) is 7.58. The summed E-state index contributed by atoms with van der Waals surface area (Å²) in [5.74, 6) is -1.09. The smallest absolute Gasteiger partial charge is 0.129 e. The summed E-state index contributed by atoms with van der Waals surface area (Å²) in [6, 6.07) is 6.21. The molecule has 1 aromatic carbocycles. The first-order valence-corrected chi connectivity index (χ1v) is 4.96. The van der Waals surface area contributed by atoms with Gasteiger partial charge in [0.25, 0.3) is 0 Å². The molecule has 0 radical (unpaired) electrons. The first-order valence-electron chi connectivity index (χ1n) is 4.96. The monoisotopic (exact) mass is 219 g/mol. The van der Waals surface area contributed by atoms with Gasteiger partial charge in [-0.1, -0.05) is 6.07 Å². The second kappa shape index (κ2) is 4.00. The zero-order chi connectivity index (χ0) is 11.7. The van der Waals surface area contributed by atoms with E-state index in [1.165, 1.54) is 19.1 Å². The van der Waals surface area contributed by atoms with Crippen LogP contribution in [0.3, 0.4) is 0 Å². The highest BCUT2D eigenvalue weighted by atomic mass is 19.1. The molecular formula is C13H11F2N. The molecule has 1 heterocycles. The molecule has 0 saturated carbocycles. The molecule has 82 valence electrons. The predicted molar refractivity (Wildman–Crippen MR) is 59.1 cm³/mol. The summed E-state index contributed by atoms with van der Waals surface area (Å²) < 4.78 is 26.7. The molecule has 0 aliphatic rings. The Hall–Kier alpha value is -1.77. The van der Waals surface area contributed by atoms with Gasteiger partial charge >= 0.3 is 0 Å². The molecule has 3 heteroatoms. The third-order valence-corrected chi connectivity index (χ3v) is 2.49. The van der Waals surface area contributed by atoms with Gasteiger partial charge in [0.05, 0.1) is 5.69 Å². The minimum Gasteiger partial charge on any atom is -0.256 e. The fraction of sp³-hybridized carbons (Fsp3) is 0.154. The maximum atomic E-state index is 13.3. The summed E-state index contributed by atoms with van der Waals surface area (Å²) in [5.41, 5.74) is 2.08. The molecule has 0 unspecified atom stereocenters. The molecule has 0 atom stereocenters. The van der Waals surface area contributed by atoms with Crippen molar-refractivity contribution in [3.63, 3.8) is 0 Å². The Balaban J connectivity index is 2.52. The van der Waals surface area contributed by atoms with Crippen LogP contribution in [0.2, 0.25) is 0 Å². The quantitative estimate of drug-likeness (QED) is 0.713. The van der Waals surface area contributed by atoms with E-state index in [1.807, 2.05) is 13.0 Å². The maximum absolute atomic E-state index is 13.3. The number of hydrogen-bond acceptors (Lipinski definition) is 1. The Morgan fingerprint density at radius 1 is 1.00 bits per heavy atom. The SMILES string of the molecule is Cc1ccc(-c2cc(F)c(C)c(F)c2)nc1. The van der Waals surface area contributed by atoms with Gasteiger partial charge < -0.3 is 0 Å². The van der Waals surface area contributed by atoms with Crippen LogP contribution >= 0.6 is 0 Å². The zero-order valence-electron chi connectivity index (χ0n) is 9.09. The van der Waals surface area contributed by atoms with Crippen LogP contribution in [0.25, 0.3) is 11.3 Å². The van der Waals surface area contributed by atoms with Gasteiger partial charge in [0, 0.05) is 17.3 Å². The van der Waals surface area contributed by atoms with Gasteiger partial charge in [0.2, 0.25) is 0 Å². The highest BCUT2D eigenvalue weighted by molar-refractivity contribution is 5.59. The Morgan fingerprint density at radius 2 is 1.62 bits per heavy atom. The van der Waals surface area contributed by atoms with Crippen molar-refractivity contribution in [1.82, 2.24) is 4.98 Å². The van der Waals surface area contributed by atoms with Gasteiger partial charge in [-0.2, -0.15) is 0 Å². The topological polar surface area (TPSA) is 12.9 Å². The number of rotatable bonds is 1. The summed E-state index contributed by atoms with van der Waals surface area (Å²) >= 11 is 0. The van der Waals surface area contributed by atoms with E-state index >= 15 is 0 Å². The zero-order valence-corrected chi connectivity index (χ0v) is 9.09. The second-order valence-electron chi connectivity index (χ2n) is 3.79. The lowest BCUT2D eigenvalue weighted by Crippen LogP contribution is -1.92. The van der Waals surface area contributed by atoms with Crippen LogP contribution in [0.15, 0.2) is 30.5 Å². The number of halogens is 2. The molecule has 0 spiro atoms. The number of pyridine rings is 1. The van der Waals surface area contributed by atoms with E-state index in [0.717, 1.165) is 5.56 Å². The first kappa shape index (κ1) is 10.7. The van der Waals surface area contributed by atoms with Gasteiger partial charge in [-0.15, -0.1) is 0 Å². The summed E-state index contributed by atoms with van der Waals surface area (Å²) in [5, 5.41) is 0. The average molecular weight is 219 g/mol. The normalized spacial score (nSPS) is 10.5. The molecule has 0 fully saturated rings. The van der Waals surface area contributed by atoms with Crippen LogP contribution in [-0.2, 0) is 0 Å². The third-order valence-electron chi connectivity index (χ3n) is 2.49. The van der Waals surface area contributed by atoms with Crippen LogP contribution in [0.5, 0.6) is 0 Å². The lowest BCUT2D eigenvalue weighted by atomic mass is 10.1. The van der Waals surface area contributed by atoms with Gasteiger partial charge in [0.15, 0.2) is 0 Å². The minimum atomic E-state index is -0.544. The molecule has 1 nitrogen and oxygen atoms in total. The van der Waals surface area contributed by atoms with Gasteiger partial charge in [-0.25, -0.2) is 8.78 Å². The van der Waals surface area contributed by atoms with Crippen LogP contribution in [0.1, 0.15) is 11.1 Å². The Labute approximate surface area is 92.8 Å². The van der Waals surface area contributed by atoms with E-state index in [9.17, 15) is 8.78 Å². The number of benzene rings is 1. The molecular weight excluding hydrogens is 208 g/mol. The van der Waals surface area contributed by atoms with Gasteiger partial charge in [-0.05, 0) is 37.6 Å². The van der Waals surface area contributed by atoms with Gasteiger partial charge in [0.1, 0.15) is 11.6 Å². The molecule has 0 bridgehead atoms. The standard InChI is InChI=1S/C13H11F2N/c1-8-3-4-13(16-7-8)10-5-11(14)9(2)12(15)6-10/h3-7H,1-2H3. The number of nitrogens with zero attached hydrogens (tertiary/aromatic N) is 1. The van der Waals surface area contributed by atoms with E-state index in [2.05, 4.69) is 4.98 Å². The van der Waals surface area contributed by atoms with E-state index in [4.69, 9.17) is 0 Å².